The van der Waals surface area contributed by atoms with Gasteiger partial charge in [0.15, 0.2) is 0 Å². The van der Waals surface area contributed by atoms with Gasteiger partial charge in [0.05, 0.1) is 6.61 Å². The summed E-state index contributed by atoms with van der Waals surface area (Å²) in [6.45, 7) is -0.640. The van der Waals surface area contributed by atoms with E-state index in [0.29, 0.717) is 6.42 Å². The molecule has 1 fully saturated rings. The summed E-state index contributed by atoms with van der Waals surface area (Å²) in [5, 5.41) is 48.8. The monoisotopic (exact) mass is 279 g/mol. The van der Waals surface area contributed by atoms with Gasteiger partial charge in [-0.15, -0.1) is 0 Å². The third kappa shape index (κ3) is 4.37. The van der Waals surface area contributed by atoms with E-state index in [1.807, 2.05) is 0 Å². The van der Waals surface area contributed by atoms with Crippen LogP contribution in [-0.2, 0) is 9.53 Å². The predicted octanol–water partition coefficient (Wildman–Crippen LogP) is -3.28. The zero-order valence-electron chi connectivity index (χ0n) is 10.5. The number of rotatable bonds is 6. The molecule has 112 valence electrons. The highest BCUT2D eigenvalue weighted by Crippen LogP contribution is 2.20. The van der Waals surface area contributed by atoms with Gasteiger partial charge >= 0.3 is 0 Å². The first-order valence-electron chi connectivity index (χ1n) is 6.19. The van der Waals surface area contributed by atoms with Crippen molar-refractivity contribution in [3.63, 3.8) is 0 Å². The van der Waals surface area contributed by atoms with E-state index >= 15 is 0 Å². The molecule has 1 rings (SSSR count). The second-order valence-corrected chi connectivity index (χ2v) is 4.50. The number of ether oxygens (including phenoxy) is 1. The average Bonchev–Trinajstić information content (AvgIpc) is 2.41. The molecule has 0 unspecified atom stereocenters. The molecule has 0 saturated carbocycles. The molecule has 8 heteroatoms. The van der Waals surface area contributed by atoms with E-state index in [1.165, 1.54) is 0 Å². The number of carbonyl (C=O) groups excluding carboxylic acids is 1. The van der Waals surface area contributed by atoms with Crippen molar-refractivity contribution in [2.24, 2.45) is 0 Å². The van der Waals surface area contributed by atoms with Gasteiger partial charge in [0.2, 0.25) is 5.91 Å². The van der Waals surface area contributed by atoms with Gasteiger partial charge in [-0.25, -0.2) is 0 Å². The highest BCUT2D eigenvalue weighted by molar-refractivity contribution is 5.75. The summed E-state index contributed by atoms with van der Waals surface area (Å²) in [5.74, 6) is -0.314. The van der Waals surface area contributed by atoms with Gasteiger partial charge in [-0.05, 0) is 6.42 Å². The van der Waals surface area contributed by atoms with Gasteiger partial charge in [-0.1, -0.05) is 0 Å². The maximum absolute atomic E-state index is 11.3. The topological polar surface area (TPSA) is 139 Å². The number of amides is 1. The van der Waals surface area contributed by atoms with Crippen molar-refractivity contribution in [2.75, 3.05) is 19.8 Å². The second-order valence-electron chi connectivity index (χ2n) is 4.50. The Bertz CT molecular complexity index is 286. The average molecular weight is 279 g/mol. The van der Waals surface area contributed by atoms with Crippen LogP contribution >= 0.6 is 0 Å². The highest BCUT2D eigenvalue weighted by Gasteiger charge is 2.43. The SMILES string of the molecule is O=C(CCCO)NC[C@H]1O[C@H](CO)[C@@H](O)[C@H](O)[C@H]1O. The van der Waals surface area contributed by atoms with Crippen LogP contribution in [0.4, 0.5) is 0 Å². The Kier molecular flexibility index (Phi) is 6.63. The molecule has 1 aliphatic heterocycles. The normalized spacial score (nSPS) is 35.1. The first-order valence-corrected chi connectivity index (χ1v) is 6.19. The fourth-order valence-corrected chi connectivity index (χ4v) is 1.89. The zero-order chi connectivity index (χ0) is 14.4. The van der Waals surface area contributed by atoms with Crippen LogP contribution in [0.15, 0.2) is 0 Å². The van der Waals surface area contributed by atoms with E-state index in [2.05, 4.69) is 5.32 Å². The molecule has 6 N–H and O–H groups in total. The Morgan fingerprint density at radius 3 is 2.26 bits per heavy atom. The van der Waals surface area contributed by atoms with Gasteiger partial charge in [0.1, 0.15) is 30.5 Å². The Morgan fingerprint density at radius 1 is 1.05 bits per heavy atom. The lowest BCUT2D eigenvalue weighted by atomic mass is 9.95. The molecule has 0 bridgehead atoms. The van der Waals surface area contributed by atoms with Crippen LogP contribution in [0.5, 0.6) is 0 Å². The number of nitrogens with one attached hydrogen (secondary N) is 1. The summed E-state index contributed by atoms with van der Waals surface area (Å²) in [6.07, 6.45) is -5.59. The number of hydrogen-bond donors (Lipinski definition) is 6. The molecule has 0 radical (unpaired) electrons. The van der Waals surface area contributed by atoms with Crippen LogP contribution in [0.2, 0.25) is 0 Å². The summed E-state index contributed by atoms with van der Waals surface area (Å²) in [5.41, 5.74) is 0. The molecule has 1 amide bonds. The van der Waals surface area contributed by atoms with Crippen LogP contribution in [-0.4, -0.2) is 81.7 Å². The van der Waals surface area contributed by atoms with Crippen molar-refractivity contribution < 1.29 is 35.1 Å². The summed E-state index contributed by atoms with van der Waals surface area (Å²) >= 11 is 0. The third-order valence-corrected chi connectivity index (χ3v) is 3.05. The minimum atomic E-state index is -1.44. The fourth-order valence-electron chi connectivity index (χ4n) is 1.89. The summed E-state index contributed by atoms with van der Waals surface area (Å²) in [7, 11) is 0. The van der Waals surface area contributed by atoms with Crippen molar-refractivity contribution in [2.45, 2.75) is 43.4 Å². The molecule has 0 aromatic carbocycles. The molecule has 0 aromatic rings. The first-order chi connectivity index (χ1) is 9.01. The number of hydrogen-bond acceptors (Lipinski definition) is 7. The van der Waals surface area contributed by atoms with Gasteiger partial charge in [0.25, 0.3) is 0 Å². The van der Waals surface area contributed by atoms with E-state index in [0.717, 1.165) is 0 Å². The molecule has 0 spiro atoms. The lowest BCUT2D eigenvalue weighted by Crippen LogP contribution is -2.60. The summed E-state index contributed by atoms with van der Waals surface area (Å²) < 4.78 is 5.21. The van der Waals surface area contributed by atoms with Crippen molar-refractivity contribution in [1.82, 2.24) is 5.32 Å². The molecule has 5 atom stereocenters. The van der Waals surface area contributed by atoms with Crippen molar-refractivity contribution >= 4 is 5.91 Å². The van der Waals surface area contributed by atoms with Crippen molar-refractivity contribution in [3.8, 4) is 0 Å². The Balaban J connectivity index is 2.46. The van der Waals surface area contributed by atoms with Gasteiger partial charge in [-0.2, -0.15) is 0 Å². The number of aliphatic hydroxyl groups is 5. The lowest BCUT2D eigenvalue weighted by Gasteiger charge is -2.40. The molecule has 0 aromatic heterocycles. The summed E-state index contributed by atoms with van der Waals surface area (Å²) in [4.78, 5) is 11.3. The zero-order valence-corrected chi connectivity index (χ0v) is 10.5. The molecule has 1 heterocycles. The Hall–Kier alpha value is -0.770. The van der Waals surface area contributed by atoms with E-state index in [1.54, 1.807) is 0 Å². The van der Waals surface area contributed by atoms with Gasteiger partial charge in [-0.3, -0.25) is 4.79 Å². The maximum atomic E-state index is 11.3. The molecule has 8 nitrogen and oxygen atoms in total. The lowest BCUT2D eigenvalue weighted by molar-refractivity contribution is -0.227. The van der Waals surface area contributed by atoms with Crippen molar-refractivity contribution in [3.05, 3.63) is 0 Å². The molecular formula is C11H21NO7. The third-order valence-electron chi connectivity index (χ3n) is 3.05. The minimum Gasteiger partial charge on any atom is -0.396 e. The van der Waals surface area contributed by atoms with Gasteiger partial charge in [0, 0.05) is 19.6 Å². The van der Waals surface area contributed by atoms with E-state index in [-0.39, 0.29) is 25.5 Å². The summed E-state index contributed by atoms with van der Waals surface area (Å²) in [6, 6.07) is 0. The fraction of sp³-hybridized carbons (Fsp3) is 0.909. The van der Waals surface area contributed by atoms with E-state index in [4.69, 9.17) is 14.9 Å². The van der Waals surface area contributed by atoms with Gasteiger partial charge < -0.3 is 35.6 Å². The maximum Gasteiger partial charge on any atom is 0.220 e. The molecule has 0 aliphatic carbocycles. The van der Waals surface area contributed by atoms with E-state index < -0.39 is 37.1 Å². The first kappa shape index (κ1) is 16.3. The highest BCUT2D eigenvalue weighted by atomic mass is 16.5. The Labute approximate surface area is 110 Å². The van der Waals surface area contributed by atoms with Crippen LogP contribution in [0, 0.1) is 0 Å². The second kappa shape index (κ2) is 7.73. The quantitative estimate of drug-likeness (QED) is 0.299. The van der Waals surface area contributed by atoms with Crippen LogP contribution in [0.1, 0.15) is 12.8 Å². The van der Waals surface area contributed by atoms with Crippen LogP contribution in [0.3, 0.4) is 0 Å². The molecular weight excluding hydrogens is 258 g/mol. The Morgan fingerprint density at radius 2 is 1.68 bits per heavy atom. The minimum absolute atomic E-state index is 0.0499. The van der Waals surface area contributed by atoms with E-state index in [9.17, 15) is 20.1 Å². The van der Waals surface area contributed by atoms with Crippen molar-refractivity contribution in [1.29, 1.82) is 0 Å². The number of carbonyl (C=O) groups is 1. The largest absolute Gasteiger partial charge is 0.396 e. The molecule has 1 aliphatic rings. The number of aliphatic hydroxyl groups excluding tert-OH is 5. The van der Waals surface area contributed by atoms with Crippen LogP contribution < -0.4 is 5.32 Å². The predicted molar refractivity (Wildman–Crippen MR) is 63.1 cm³/mol. The molecule has 1 saturated heterocycles. The van der Waals surface area contributed by atoms with Crippen LogP contribution in [0.25, 0.3) is 0 Å². The smallest absolute Gasteiger partial charge is 0.220 e. The molecule has 19 heavy (non-hydrogen) atoms. The standard InChI is InChI=1S/C11H21NO7/c13-3-1-2-8(15)12-4-6-9(16)11(18)10(17)7(5-14)19-6/h6-7,9-11,13-14,16-18H,1-5H2,(H,12,15)/t6-,7-,9+,10-,11-/m1/s1.